The van der Waals surface area contributed by atoms with Gasteiger partial charge in [-0.3, -0.25) is 4.79 Å². The summed E-state index contributed by atoms with van der Waals surface area (Å²) in [5.41, 5.74) is 1.77. The molecule has 5 rings (SSSR count). The first-order valence-corrected chi connectivity index (χ1v) is 14.4. The number of carbonyl (C=O) groups excluding carboxylic acids is 1. The number of likely N-dealkylation sites (tertiary alicyclic amines) is 1. The summed E-state index contributed by atoms with van der Waals surface area (Å²) in [7, 11) is 0. The molecular weight excluding hydrogens is 509 g/mol. The van der Waals surface area contributed by atoms with Crippen LogP contribution in [-0.4, -0.2) is 60.8 Å². The van der Waals surface area contributed by atoms with Gasteiger partial charge in [-0.1, -0.05) is 29.3 Å². The van der Waals surface area contributed by atoms with E-state index < -0.39 is 12.1 Å². The number of halogens is 2. The van der Waals surface area contributed by atoms with Crippen LogP contribution in [0.4, 0.5) is 5.69 Å². The fourth-order valence-corrected chi connectivity index (χ4v) is 6.20. The van der Waals surface area contributed by atoms with Crippen LogP contribution in [0.5, 0.6) is 5.75 Å². The summed E-state index contributed by atoms with van der Waals surface area (Å²) >= 11 is 12.6. The van der Waals surface area contributed by atoms with Crippen molar-refractivity contribution >= 4 is 34.8 Å². The van der Waals surface area contributed by atoms with E-state index in [2.05, 4.69) is 15.1 Å². The molecule has 0 aromatic heterocycles. The number of benzene rings is 2. The number of anilines is 1. The molecule has 3 atom stereocenters. The van der Waals surface area contributed by atoms with Crippen molar-refractivity contribution in [3.63, 3.8) is 0 Å². The van der Waals surface area contributed by atoms with Gasteiger partial charge in [0.2, 0.25) is 5.91 Å². The Labute approximate surface area is 229 Å². The number of hydrogen-bond acceptors (Lipinski definition) is 5. The van der Waals surface area contributed by atoms with Crippen molar-refractivity contribution < 1.29 is 14.6 Å². The zero-order valence-electron chi connectivity index (χ0n) is 21.3. The molecule has 1 amide bonds. The molecule has 0 bridgehead atoms. The van der Waals surface area contributed by atoms with Crippen molar-refractivity contribution in [1.82, 2.24) is 10.2 Å². The van der Waals surface area contributed by atoms with E-state index in [9.17, 15) is 9.90 Å². The minimum Gasteiger partial charge on any atom is -0.489 e. The van der Waals surface area contributed by atoms with Gasteiger partial charge in [-0.2, -0.15) is 0 Å². The van der Waals surface area contributed by atoms with Gasteiger partial charge in [0.1, 0.15) is 11.9 Å². The third-order valence-corrected chi connectivity index (χ3v) is 8.55. The van der Waals surface area contributed by atoms with Gasteiger partial charge in [0.05, 0.1) is 23.1 Å². The summed E-state index contributed by atoms with van der Waals surface area (Å²) in [4.78, 5) is 17.9. The number of hydrogen-bond donors (Lipinski definition) is 2. The van der Waals surface area contributed by atoms with E-state index in [1.807, 2.05) is 36.4 Å². The summed E-state index contributed by atoms with van der Waals surface area (Å²) in [6, 6.07) is 12.8. The predicted octanol–water partition coefficient (Wildman–Crippen LogP) is 5.46. The van der Waals surface area contributed by atoms with E-state index >= 15 is 0 Å². The number of aliphatic hydroxyl groups excluding tert-OH is 1. The van der Waals surface area contributed by atoms with Crippen molar-refractivity contribution in [2.24, 2.45) is 5.92 Å². The van der Waals surface area contributed by atoms with Gasteiger partial charge in [0, 0.05) is 30.3 Å². The van der Waals surface area contributed by atoms with Gasteiger partial charge in [-0.15, -0.1) is 0 Å². The molecule has 3 aliphatic rings. The van der Waals surface area contributed by atoms with Crippen LogP contribution < -0.4 is 15.0 Å². The Bertz CT molecular complexity index is 1050. The third kappa shape index (κ3) is 6.72. The Kier molecular flexibility index (Phi) is 8.81. The summed E-state index contributed by atoms with van der Waals surface area (Å²) in [5, 5.41) is 15.8. The van der Waals surface area contributed by atoms with Crippen LogP contribution in [0.1, 0.15) is 56.6 Å². The molecule has 1 saturated carbocycles. The lowest BCUT2D eigenvalue weighted by molar-refractivity contribution is -0.126. The Morgan fingerprint density at radius 1 is 1.00 bits per heavy atom. The Balaban J connectivity index is 1.25. The van der Waals surface area contributed by atoms with Gasteiger partial charge >= 0.3 is 0 Å². The molecule has 2 N–H and O–H groups in total. The molecule has 2 saturated heterocycles. The summed E-state index contributed by atoms with van der Waals surface area (Å²) < 4.78 is 6.09. The molecule has 1 aliphatic carbocycles. The van der Waals surface area contributed by atoms with Crippen molar-refractivity contribution in [3.05, 3.63) is 58.1 Å². The molecule has 2 aliphatic heterocycles. The maximum atomic E-state index is 13.4. The van der Waals surface area contributed by atoms with Crippen LogP contribution in [0.2, 0.25) is 10.0 Å². The molecule has 3 fully saturated rings. The normalized spacial score (nSPS) is 22.4. The number of rotatable bonds is 9. The molecule has 6 nitrogen and oxygen atoms in total. The highest BCUT2D eigenvalue weighted by atomic mass is 35.5. The fraction of sp³-hybridized carbons (Fsp3) is 0.552. The van der Waals surface area contributed by atoms with E-state index in [1.54, 1.807) is 6.07 Å². The average Bonchev–Trinajstić information content (AvgIpc) is 3.68. The molecular formula is C29H37Cl2N3O3. The van der Waals surface area contributed by atoms with Crippen molar-refractivity contribution in [2.75, 3.05) is 37.6 Å². The predicted molar refractivity (Wildman–Crippen MR) is 149 cm³/mol. The minimum absolute atomic E-state index is 0.00741. The SMILES string of the molecule is O=C(N[C@H](CN1CCCC1)[C@H](O)c1ccc(OC2CCCC2)c(Cl)c1)[C@@H]1CCN(c2ccc(Cl)cc2)C1. The van der Waals surface area contributed by atoms with Crippen molar-refractivity contribution in [1.29, 1.82) is 0 Å². The zero-order valence-corrected chi connectivity index (χ0v) is 22.8. The summed E-state index contributed by atoms with van der Waals surface area (Å²) in [6.45, 7) is 4.05. The highest BCUT2D eigenvalue weighted by Crippen LogP contribution is 2.33. The third-order valence-electron chi connectivity index (χ3n) is 8.01. The second-order valence-electron chi connectivity index (χ2n) is 10.7. The number of ether oxygens (including phenoxy) is 1. The average molecular weight is 547 g/mol. The standard InChI is InChI=1S/C29H37Cl2N3O3/c30-22-8-10-23(11-9-22)34-16-13-21(18-34)29(36)32-26(19-33-14-3-4-15-33)28(35)20-7-12-27(25(31)17-20)37-24-5-1-2-6-24/h7-12,17,21,24,26,28,35H,1-6,13-16,18-19H2,(H,32,36)/t21-,26-,28-/m1/s1. The maximum Gasteiger partial charge on any atom is 0.225 e. The molecule has 200 valence electrons. The van der Waals surface area contributed by atoms with E-state index in [4.69, 9.17) is 27.9 Å². The van der Waals surface area contributed by atoms with Crippen molar-refractivity contribution in [2.45, 2.75) is 63.2 Å². The maximum absolute atomic E-state index is 13.4. The fourth-order valence-electron chi connectivity index (χ4n) is 5.84. The number of nitrogens with one attached hydrogen (secondary N) is 1. The lowest BCUT2D eigenvalue weighted by Gasteiger charge is -2.30. The van der Waals surface area contributed by atoms with Crippen LogP contribution in [0.25, 0.3) is 0 Å². The van der Waals surface area contributed by atoms with Gasteiger partial charge in [0.15, 0.2) is 0 Å². The van der Waals surface area contributed by atoms with Crippen molar-refractivity contribution in [3.8, 4) is 5.75 Å². The topological polar surface area (TPSA) is 65.0 Å². The number of nitrogens with zero attached hydrogens (tertiary/aromatic N) is 2. The Hall–Kier alpha value is -1.99. The number of amides is 1. The molecule has 2 aromatic carbocycles. The first-order valence-electron chi connectivity index (χ1n) is 13.6. The minimum atomic E-state index is -0.864. The Morgan fingerprint density at radius 2 is 1.73 bits per heavy atom. The molecule has 8 heteroatoms. The smallest absolute Gasteiger partial charge is 0.225 e. The lowest BCUT2D eigenvalue weighted by atomic mass is 10.00. The van der Waals surface area contributed by atoms with E-state index in [0.717, 1.165) is 57.4 Å². The Morgan fingerprint density at radius 3 is 2.43 bits per heavy atom. The zero-order chi connectivity index (χ0) is 25.8. The van der Waals surface area contributed by atoms with Crippen LogP contribution in [-0.2, 0) is 4.79 Å². The molecule has 0 radical (unpaired) electrons. The van der Waals surface area contributed by atoms with Crippen LogP contribution in [0.3, 0.4) is 0 Å². The largest absolute Gasteiger partial charge is 0.489 e. The second kappa shape index (κ2) is 12.2. The molecule has 0 spiro atoms. The van der Waals surface area contributed by atoms with Crippen LogP contribution in [0.15, 0.2) is 42.5 Å². The first kappa shape index (κ1) is 26.6. The van der Waals surface area contributed by atoms with Crippen LogP contribution in [0, 0.1) is 5.92 Å². The summed E-state index contributed by atoms with van der Waals surface area (Å²) in [6.07, 6.45) is 6.92. The lowest BCUT2D eigenvalue weighted by Crippen LogP contribution is -2.48. The summed E-state index contributed by atoms with van der Waals surface area (Å²) in [5.74, 6) is 0.527. The number of aliphatic hydroxyl groups is 1. The molecule has 2 heterocycles. The first-order chi connectivity index (χ1) is 18.0. The highest BCUT2D eigenvalue weighted by molar-refractivity contribution is 6.32. The molecule has 0 unspecified atom stereocenters. The van der Waals surface area contributed by atoms with E-state index in [0.29, 0.717) is 34.4 Å². The second-order valence-corrected chi connectivity index (χ2v) is 11.5. The highest BCUT2D eigenvalue weighted by Gasteiger charge is 2.33. The van der Waals surface area contributed by atoms with Gasteiger partial charge in [-0.05, 0) is 100.0 Å². The van der Waals surface area contributed by atoms with E-state index in [1.165, 1.54) is 12.8 Å². The van der Waals surface area contributed by atoms with Crippen LogP contribution >= 0.6 is 23.2 Å². The quantitative estimate of drug-likeness (QED) is 0.438. The van der Waals surface area contributed by atoms with Gasteiger partial charge in [-0.25, -0.2) is 0 Å². The molecule has 37 heavy (non-hydrogen) atoms. The van der Waals surface area contributed by atoms with Gasteiger partial charge < -0.3 is 25.0 Å². The monoisotopic (exact) mass is 545 g/mol. The van der Waals surface area contributed by atoms with Gasteiger partial charge in [0.25, 0.3) is 0 Å². The number of carbonyl (C=O) groups is 1. The van der Waals surface area contributed by atoms with E-state index in [-0.39, 0.29) is 17.9 Å². The molecule has 2 aromatic rings.